The standard InChI is InChI=1S/C12H15N3O3/c1-8(7-17-2)13-12(16)10-6-9(14-15-10)11-4-3-5-18-11/h3-6,8H,7H2,1-2H3,(H,13,16)(H,14,15)/t8-/m0/s1. The molecule has 6 heteroatoms. The number of carbonyl (C=O) groups excluding carboxylic acids is 1. The smallest absolute Gasteiger partial charge is 0.272 e. The van der Waals surface area contributed by atoms with Gasteiger partial charge < -0.3 is 14.5 Å². The molecule has 96 valence electrons. The fraction of sp³-hybridized carbons (Fsp3) is 0.333. The van der Waals surface area contributed by atoms with Crippen LogP contribution in [0.25, 0.3) is 11.5 Å². The van der Waals surface area contributed by atoms with Gasteiger partial charge >= 0.3 is 0 Å². The zero-order valence-electron chi connectivity index (χ0n) is 10.3. The summed E-state index contributed by atoms with van der Waals surface area (Å²) in [5, 5.41) is 9.48. The fourth-order valence-corrected chi connectivity index (χ4v) is 1.59. The predicted octanol–water partition coefficient (Wildman–Crippen LogP) is 1.43. The normalized spacial score (nSPS) is 12.3. The van der Waals surface area contributed by atoms with E-state index in [1.165, 1.54) is 0 Å². The van der Waals surface area contributed by atoms with Gasteiger partial charge in [0, 0.05) is 19.2 Å². The van der Waals surface area contributed by atoms with Gasteiger partial charge in [-0.1, -0.05) is 0 Å². The zero-order chi connectivity index (χ0) is 13.0. The maximum atomic E-state index is 11.8. The van der Waals surface area contributed by atoms with Gasteiger partial charge in [0.1, 0.15) is 5.69 Å². The van der Waals surface area contributed by atoms with Crippen LogP contribution in [-0.2, 0) is 4.74 Å². The summed E-state index contributed by atoms with van der Waals surface area (Å²) >= 11 is 0. The van der Waals surface area contributed by atoms with Crippen molar-refractivity contribution < 1.29 is 13.9 Å². The van der Waals surface area contributed by atoms with Gasteiger partial charge in [0.25, 0.3) is 5.91 Å². The Labute approximate surface area is 104 Å². The van der Waals surface area contributed by atoms with E-state index in [0.29, 0.717) is 23.8 Å². The van der Waals surface area contributed by atoms with Gasteiger partial charge in [-0.05, 0) is 19.1 Å². The SMILES string of the molecule is COC[C@H](C)NC(=O)c1cc(-c2ccco2)[nH]n1. The van der Waals surface area contributed by atoms with E-state index in [9.17, 15) is 4.79 Å². The molecule has 0 aliphatic carbocycles. The first-order chi connectivity index (χ1) is 8.70. The lowest BCUT2D eigenvalue weighted by Crippen LogP contribution is -2.35. The molecule has 2 aromatic rings. The highest BCUT2D eigenvalue weighted by molar-refractivity contribution is 5.93. The third kappa shape index (κ3) is 2.78. The largest absolute Gasteiger partial charge is 0.463 e. The average molecular weight is 249 g/mol. The summed E-state index contributed by atoms with van der Waals surface area (Å²) in [6.07, 6.45) is 1.57. The van der Waals surface area contributed by atoms with Crippen LogP contribution < -0.4 is 5.32 Å². The first-order valence-corrected chi connectivity index (χ1v) is 5.60. The van der Waals surface area contributed by atoms with Crippen molar-refractivity contribution >= 4 is 5.91 Å². The molecular formula is C12H15N3O3. The molecule has 0 bridgehead atoms. The maximum absolute atomic E-state index is 11.8. The molecule has 2 aromatic heterocycles. The minimum absolute atomic E-state index is 0.0636. The van der Waals surface area contributed by atoms with Crippen LogP contribution in [0.2, 0.25) is 0 Å². The number of carbonyl (C=O) groups is 1. The van der Waals surface area contributed by atoms with Gasteiger partial charge in [0.2, 0.25) is 0 Å². The van der Waals surface area contributed by atoms with Crippen LogP contribution in [0.4, 0.5) is 0 Å². The van der Waals surface area contributed by atoms with E-state index in [-0.39, 0.29) is 11.9 Å². The van der Waals surface area contributed by atoms with Crippen LogP contribution in [0.1, 0.15) is 17.4 Å². The summed E-state index contributed by atoms with van der Waals surface area (Å²) < 4.78 is 10.2. The summed E-state index contributed by atoms with van der Waals surface area (Å²) in [6, 6.07) is 5.15. The van der Waals surface area contributed by atoms with E-state index in [1.807, 2.05) is 6.92 Å². The number of rotatable bonds is 5. The molecule has 0 spiro atoms. The Kier molecular flexibility index (Phi) is 3.78. The molecule has 0 aliphatic rings. The molecule has 0 aromatic carbocycles. The predicted molar refractivity (Wildman–Crippen MR) is 65.1 cm³/mol. The van der Waals surface area contributed by atoms with Gasteiger partial charge in [-0.3, -0.25) is 9.89 Å². The number of furan rings is 1. The summed E-state index contributed by atoms with van der Waals surface area (Å²) in [6.45, 7) is 2.32. The average Bonchev–Trinajstić information content (AvgIpc) is 3.00. The summed E-state index contributed by atoms with van der Waals surface area (Å²) in [5.41, 5.74) is 0.994. The molecular weight excluding hydrogens is 234 g/mol. The van der Waals surface area contributed by atoms with Crippen molar-refractivity contribution in [3.63, 3.8) is 0 Å². The number of hydrogen-bond donors (Lipinski definition) is 2. The van der Waals surface area contributed by atoms with Crippen molar-refractivity contribution in [2.45, 2.75) is 13.0 Å². The second-order valence-corrected chi connectivity index (χ2v) is 3.97. The number of methoxy groups -OCH3 is 1. The minimum atomic E-state index is -0.242. The van der Waals surface area contributed by atoms with E-state index >= 15 is 0 Å². The molecule has 0 saturated heterocycles. The molecule has 2 heterocycles. The Morgan fingerprint density at radius 3 is 3.17 bits per heavy atom. The molecule has 1 atom stereocenters. The molecule has 18 heavy (non-hydrogen) atoms. The molecule has 2 N–H and O–H groups in total. The first-order valence-electron chi connectivity index (χ1n) is 5.60. The number of nitrogens with zero attached hydrogens (tertiary/aromatic N) is 1. The van der Waals surface area contributed by atoms with Crippen molar-refractivity contribution in [3.05, 3.63) is 30.2 Å². The van der Waals surface area contributed by atoms with Crippen LogP contribution >= 0.6 is 0 Å². The third-order valence-electron chi connectivity index (χ3n) is 2.39. The number of H-pyrrole nitrogens is 1. The number of nitrogens with one attached hydrogen (secondary N) is 2. The van der Waals surface area contributed by atoms with E-state index in [0.717, 1.165) is 0 Å². The minimum Gasteiger partial charge on any atom is -0.463 e. The lowest BCUT2D eigenvalue weighted by atomic mass is 10.2. The van der Waals surface area contributed by atoms with Gasteiger partial charge in [0.05, 0.1) is 12.9 Å². The number of hydrogen-bond acceptors (Lipinski definition) is 4. The monoisotopic (exact) mass is 249 g/mol. The van der Waals surface area contributed by atoms with E-state index in [2.05, 4.69) is 15.5 Å². The molecule has 2 rings (SSSR count). The summed E-state index contributed by atoms with van der Waals surface area (Å²) in [7, 11) is 1.59. The zero-order valence-corrected chi connectivity index (χ0v) is 10.3. The Morgan fingerprint density at radius 2 is 2.50 bits per heavy atom. The van der Waals surface area contributed by atoms with Gasteiger partial charge in [0.15, 0.2) is 11.5 Å². The molecule has 1 amide bonds. The van der Waals surface area contributed by atoms with E-state index in [1.54, 1.807) is 31.6 Å². The second-order valence-electron chi connectivity index (χ2n) is 3.97. The van der Waals surface area contributed by atoms with Gasteiger partial charge in [-0.15, -0.1) is 0 Å². The lowest BCUT2D eigenvalue weighted by Gasteiger charge is -2.10. The van der Waals surface area contributed by atoms with Crippen LogP contribution in [0.5, 0.6) is 0 Å². The van der Waals surface area contributed by atoms with Crippen LogP contribution in [0.3, 0.4) is 0 Å². The number of ether oxygens (including phenoxy) is 1. The molecule has 0 fully saturated rings. The summed E-state index contributed by atoms with van der Waals surface area (Å²) in [5.74, 6) is 0.403. The molecule has 0 aliphatic heterocycles. The van der Waals surface area contributed by atoms with Crippen molar-refractivity contribution in [2.24, 2.45) is 0 Å². The lowest BCUT2D eigenvalue weighted by molar-refractivity contribution is 0.0900. The second kappa shape index (κ2) is 5.50. The van der Waals surface area contributed by atoms with Crippen molar-refractivity contribution in [3.8, 4) is 11.5 Å². The number of aromatic amines is 1. The molecule has 6 nitrogen and oxygen atoms in total. The molecule has 0 saturated carbocycles. The van der Waals surface area contributed by atoms with Crippen molar-refractivity contribution in [1.82, 2.24) is 15.5 Å². The topological polar surface area (TPSA) is 80.1 Å². The van der Waals surface area contributed by atoms with E-state index < -0.39 is 0 Å². The van der Waals surface area contributed by atoms with Crippen molar-refractivity contribution in [2.75, 3.05) is 13.7 Å². The first kappa shape index (κ1) is 12.4. The fourth-order valence-electron chi connectivity index (χ4n) is 1.59. The quantitative estimate of drug-likeness (QED) is 0.840. The highest BCUT2D eigenvalue weighted by Gasteiger charge is 2.14. The van der Waals surface area contributed by atoms with Gasteiger partial charge in [-0.25, -0.2) is 0 Å². The Morgan fingerprint density at radius 1 is 1.67 bits per heavy atom. The van der Waals surface area contributed by atoms with Crippen LogP contribution in [-0.4, -0.2) is 35.9 Å². The highest BCUT2D eigenvalue weighted by Crippen LogP contribution is 2.17. The highest BCUT2D eigenvalue weighted by atomic mass is 16.5. The third-order valence-corrected chi connectivity index (χ3v) is 2.39. The van der Waals surface area contributed by atoms with Crippen LogP contribution in [0.15, 0.2) is 28.9 Å². The summed E-state index contributed by atoms with van der Waals surface area (Å²) in [4.78, 5) is 11.8. The number of aromatic nitrogens is 2. The Bertz CT molecular complexity index is 504. The maximum Gasteiger partial charge on any atom is 0.272 e. The number of amides is 1. The molecule has 0 radical (unpaired) electrons. The van der Waals surface area contributed by atoms with Crippen molar-refractivity contribution in [1.29, 1.82) is 0 Å². The van der Waals surface area contributed by atoms with Gasteiger partial charge in [-0.2, -0.15) is 5.10 Å². The van der Waals surface area contributed by atoms with E-state index in [4.69, 9.17) is 9.15 Å². The van der Waals surface area contributed by atoms with Crippen LogP contribution in [0, 0.1) is 0 Å². The Balaban J connectivity index is 2.04. The molecule has 0 unspecified atom stereocenters. The Hall–Kier alpha value is -2.08.